The molecule has 1 heterocycles. The number of hydrogen-bond acceptors (Lipinski definition) is 5. The summed E-state index contributed by atoms with van der Waals surface area (Å²) in [5, 5.41) is 6.19. The molecule has 0 unspecified atom stereocenters. The summed E-state index contributed by atoms with van der Waals surface area (Å²) in [5.41, 5.74) is 2.69. The molecule has 0 bridgehead atoms. The zero-order valence-corrected chi connectivity index (χ0v) is 11.9. The minimum atomic E-state index is -0.445. The molecule has 2 rings (SSSR count). The number of hydrazone groups is 1. The summed E-state index contributed by atoms with van der Waals surface area (Å²) in [5.74, 6) is 0.268. The lowest BCUT2D eigenvalue weighted by Gasteiger charge is -2.05. The Hall–Kier alpha value is -3.09. The Morgan fingerprint density at radius 2 is 2.18 bits per heavy atom. The van der Waals surface area contributed by atoms with Gasteiger partial charge in [-0.3, -0.25) is 9.59 Å². The molecule has 0 aliphatic heterocycles. The van der Waals surface area contributed by atoms with Gasteiger partial charge >= 0.3 is 0 Å². The highest BCUT2D eigenvalue weighted by atomic mass is 16.5. The van der Waals surface area contributed by atoms with Crippen LogP contribution in [-0.4, -0.2) is 31.7 Å². The quantitative estimate of drug-likeness (QED) is 0.618. The fourth-order valence-electron chi connectivity index (χ4n) is 1.60. The number of rotatable bonds is 6. The van der Waals surface area contributed by atoms with E-state index in [0.29, 0.717) is 17.1 Å². The smallest absolute Gasteiger partial charge is 0.259 e. The van der Waals surface area contributed by atoms with Crippen molar-refractivity contribution in [2.24, 2.45) is 5.10 Å². The minimum absolute atomic E-state index is 0.189. The van der Waals surface area contributed by atoms with Crippen LogP contribution in [0.1, 0.15) is 16.1 Å². The average Bonchev–Trinajstić information content (AvgIpc) is 3.06. The van der Waals surface area contributed by atoms with Crippen LogP contribution in [0.3, 0.4) is 0 Å². The monoisotopic (exact) mass is 301 g/mol. The third-order valence-corrected chi connectivity index (χ3v) is 2.67. The second-order valence-electron chi connectivity index (χ2n) is 4.22. The number of amides is 2. The van der Waals surface area contributed by atoms with E-state index in [2.05, 4.69) is 15.8 Å². The number of hydrogen-bond donors (Lipinski definition) is 2. The van der Waals surface area contributed by atoms with Crippen LogP contribution in [0.25, 0.3) is 0 Å². The molecule has 1 aromatic heterocycles. The fraction of sp³-hybridized carbons (Fsp3) is 0.133. The van der Waals surface area contributed by atoms with E-state index in [1.165, 1.54) is 19.6 Å². The second kappa shape index (κ2) is 7.63. The number of nitrogens with zero attached hydrogens (tertiary/aromatic N) is 1. The summed E-state index contributed by atoms with van der Waals surface area (Å²) in [4.78, 5) is 23.4. The maximum atomic E-state index is 11.9. The number of benzene rings is 1. The van der Waals surface area contributed by atoms with Crippen LogP contribution in [0, 0.1) is 0 Å². The van der Waals surface area contributed by atoms with Crippen molar-refractivity contribution in [3.05, 3.63) is 54.0 Å². The zero-order valence-electron chi connectivity index (χ0n) is 11.9. The SMILES string of the molecule is COc1cccc(C(=O)NCC(=O)N/N=C/c2ccco2)c1. The molecule has 2 N–H and O–H groups in total. The zero-order chi connectivity index (χ0) is 15.8. The third kappa shape index (κ3) is 4.48. The van der Waals surface area contributed by atoms with Crippen LogP contribution in [0.2, 0.25) is 0 Å². The highest BCUT2D eigenvalue weighted by molar-refractivity contribution is 5.96. The van der Waals surface area contributed by atoms with Gasteiger partial charge in [0.25, 0.3) is 11.8 Å². The van der Waals surface area contributed by atoms with Crippen molar-refractivity contribution in [3.8, 4) is 5.75 Å². The van der Waals surface area contributed by atoms with E-state index in [1.54, 1.807) is 36.4 Å². The minimum Gasteiger partial charge on any atom is -0.497 e. The first-order valence-corrected chi connectivity index (χ1v) is 6.46. The van der Waals surface area contributed by atoms with Gasteiger partial charge in [-0.15, -0.1) is 0 Å². The number of carbonyl (C=O) groups is 2. The van der Waals surface area contributed by atoms with Gasteiger partial charge in [-0.05, 0) is 30.3 Å². The van der Waals surface area contributed by atoms with Crippen LogP contribution in [0.4, 0.5) is 0 Å². The lowest BCUT2D eigenvalue weighted by molar-refractivity contribution is -0.120. The van der Waals surface area contributed by atoms with E-state index in [0.717, 1.165) is 0 Å². The van der Waals surface area contributed by atoms with E-state index < -0.39 is 5.91 Å². The topological polar surface area (TPSA) is 92.9 Å². The van der Waals surface area contributed by atoms with Crippen molar-refractivity contribution in [1.82, 2.24) is 10.7 Å². The van der Waals surface area contributed by atoms with Gasteiger partial charge in [0.1, 0.15) is 11.5 Å². The lowest BCUT2D eigenvalue weighted by atomic mass is 10.2. The van der Waals surface area contributed by atoms with Gasteiger partial charge in [0, 0.05) is 5.56 Å². The molecule has 1 aromatic carbocycles. The molecule has 0 saturated heterocycles. The van der Waals surface area contributed by atoms with Crippen molar-refractivity contribution in [2.75, 3.05) is 13.7 Å². The van der Waals surface area contributed by atoms with Gasteiger partial charge in [0.05, 0.1) is 26.1 Å². The molecule has 22 heavy (non-hydrogen) atoms. The molecule has 0 aliphatic rings. The Morgan fingerprint density at radius 3 is 2.91 bits per heavy atom. The molecule has 0 spiro atoms. The van der Waals surface area contributed by atoms with Crippen molar-refractivity contribution in [3.63, 3.8) is 0 Å². The van der Waals surface area contributed by atoms with Crippen molar-refractivity contribution in [1.29, 1.82) is 0 Å². The van der Waals surface area contributed by atoms with E-state index in [1.807, 2.05) is 0 Å². The molecule has 7 nitrogen and oxygen atoms in total. The first-order valence-electron chi connectivity index (χ1n) is 6.46. The van der Waals surface area contributed by atoms with Crippen LogP contribution in [0.15, 0.2) is 52.2 Å². The molecular weight excluding hydrogens is 286 g/mol. The molecule has 0 fully saturated rings. The summed E-state index contributed by atoms with van der Waals surface area (Å²) in [6.07, 6.45) is 2.86. The molecule has 0 atom stereocenters. The first-order chi connectivity index (χ1) is 10.7. The standard InChI is InChI=1S/C15H15N3O4/c1-21-12-5-2-4-11(8-12)15(20)16-10-14(19)18-17-9-13-6-3-7-22-13/h2-9H,10H2,1H3,(H,16,20)(H,18,19)/b17-9+. The van der Waals surface area contributed by atoms with E-state index in [-0.39, 0.29) is 12.5 Å². The highest BCUT2D eigenvalue weighted by Gasteiger charge is 2.08. The highest BCUT2D eigenvalue weighted by Crippen LogP contribution is 2.12. The Bertz CT molecular complexity index is 665. The molecular formula is C15H15N3O4. The fourth-order valence-corrected chi connectivity index (χ4v) is 1.60. The Kier molecular flexibility index (Phi) is 5.31. The predicted octanol–water partition coefficient (Wildman–Crippen LogP) is 1.17. The number of furan rings is 1. The molecule has 114 valence electrons. The maximum absolute atomic E-state index is 11.9. The van der Waals surface area contributed by atoms with E-state index >= 15 is 0 Å². The number of ether oxygens (including phenoxy) is 1. The summed E-state index contributed by atoms with van der Waals surface area (Å²) in [6.45, 7) is -0.189. The predicted molar refractivity (Wildman–Crippen MR) is 79.8 cm³/mol. The molecule has 2 aromatic rings. The summed E-state index contributed by atoms with van der Waals surface area (Å²) < 4.78 is 10.0. The number of methoxy groups -OCH3 is 1. The van der Waals surface area contributed by atoms with Crippen LogP contribution < -0.4 is 15.5 Å². The molecule has 0 aliphatic carbocycles. The Balaban J connectivity index is 1.79. The maximum Gasteiger partial charge on any atom is 0.259 e. The van der Waals surface area contributed by atoms with Crippen LogP contribution in [0.5, 0.6) is 5.75 Å². The summed E-state index contributed by atoms with van der Waals surface area (Å²) >= 11 is 0. The molecule has 2 amide bonds. The normalized spacial score (nSPS) is 10.4. The second-order valence-corrected chi connectivity index (χ2v) is 4.22. The van der Waals surface area contributed by atoms with Crippen LogP contribution in [-0.2, 0) is 4.79 Å². The largest absolute Gasteiger partial charge is 0.497 e. The Labute approximate surface area is 127 Å². The first kappa shape index (κ1) is 15.3. The average molecular weight is 301 g/mol. The lowest BCUT2D eigenvalue weighted by Crippen LogP contribution is -2.34. The van der Waals surface area contributed by atoms with E-state index in [9.17, 15) is 9.59 Å². The molecule has 7 heteroatoms. The van der Waals surface area contributed by atoms with Crippen molar-refractivity contribution >= 4 is 18.0 Å². The van der Waals surface area contributed by atoms with Gasteiger partial charge in [0.15, 0.2) is 0 Å². The van der Waals surface area contributed by atoms with Gasteiger partial charge in [-0.1, -0.05) is 6.07 Å². The number of nitrogens with one attached hydrogen (secondary N) is 2. The third-order valence-electron chi connectivity index (χ3n) is 2.67. The van der Waals surface area contributed by atoms with Gasteiger partial charge in [0.2, 0.25) is 0 Å². The van der Waals surface area contributed by atoms with E-state index in [4.69, 9.17) is 9.15 Å². The van der Waals surface area contributed by atoms with Crippen molar-refractivity contribution < 1.29 is 18.7 Å². The van der Waals surface area contributed by atoms with Crippen molar-refractivity contribution in [2.45, 2.75) is 0 Å². The van der Waals surface area contributed by atoms with Gasteiger partial charge < -0.3 is 14.5 Å². The molecule has 0 radical (unpaired) electrons. The van der Waals surface area contributed by atoms with Gasteiger partial charge in [-0.25, -0.2) is 5.43 Å². The summed E-state index contributed by atoms with van der Waals surface area (Å²) in [6, 6.07) is 10.0. The number of carbonyl (C=O) groups excluding carboxylic acids is 2. The van der Waals surface area contributed by atoms with Crippen LogP contribution >= 0.6 is 0 Å². The molecule has 0 saturated carbocycles. The van der Waals surface area contributed by atoms with Gasteiger partial charge in [-0.2, -0.15) is 5.10 Å². The Morgan fingerprint density at radius 1 is 1.32 bits per heavy atom. The summed E-state index contributed by atoms with van der Waals surface area (Å²) in [7, 11) is 1.52.